The second-order valence-corrected chi connectivity index (χ2v) is 10.7. The smallest absolute Gasteiger partial charge is 0.263 e. The molecule has 0 aliphatic heterocycles. The molecule has 4 aromatic rings. The van der Waals surface area contributed by atoms with E-state index in [0.29, 0.717) is 18.2 Å². The maximum Gasteiger partial charge on any atom is 0.263 e. The normalized spacial score (nSPS) is 13.1. The van der Waals surface area contributed by atoms with Gasteiger partial charge in [0, 0.05) is 18.5 Å². The van der Waals surface area contributed by atoms with E-state index in [1.807, 2.05) is 67.7 Å². The SMILES string of the molecule is CN(Cc1ccccc1)C(=O)CSc1nc2sc3c(c2c(=O)n1Cc1ccccc1)CCCC3. The van der Waals surface area contributed by atoms with Gasteiger partial charge in [-0.25, -0.2) is 4.98 Å². The molecule has 7 heteroatoms. The Labute approximate surface area is 207 Å². The summed E-state index contributed by atoms with van der Waals surface area (Å²) in [7, 11) is 1.82. The zero-order valence-electron chi connectivity index (χ0n) is 19.2. The Hall–Kier alpha value is -2.90. The molecule has 1 aliphatic rings. The number of carbonyl (C=O) groups excluding carboxylic acids is 1. The minimum absolute atomic E-state index is 0.0138. The van der Waals surface area contributed by atoms with Gasteiger partial charge in [-0.05, 0) is 42.4 Å². The Balaban J connectivity index is 1.44. The molecule has 34 heavy (non-hydrogen) atoms. The standard InChI is InChI=1S/C27H27N3O2S2/c1-29(16-19-10-4-2-5-11-19)23(31)18-33-27-28-25-24(21-14-8-9-15-22(21)34-25)26(32)30(27)17-20-12-6-3-7-13-20/h2-7,10-13H,8-9,14-18H2,1H3. The number of aryl methyl sites for hydroxylation is 2. The third-order valence-electron chi connectivity index (χ3n) is 6.24. The lowest BCUT2D eigenvalue weighted by molar-refractivity contribution is -0.127. The summed E-state index contributed by atoms with van der Waals surface area (Å²) in [6.45, 7) is 1.00. The van der Waals surface area contributed by atoms with Crippen LogP contribution >= 0.6 is 23.1 Å². The van der Waals surface area contributed by atoms with Crippen LogP contribution in [0.5, 0.6) is 0 Å². The maximum absolute atomic E-state index is 13.7. The Morgan fingerprint density at radius 2 is 1.71 bits per heavy atom. The van der Waals surface area contributed by atoms with Crippen molar-refractivity contribution in [3.63, 3.8) is 0 Å². The average Bonchev–Trinajstić information content (AvgIpc) is 3.24. The summed E-state index contributed by atoms with van der Waals surface area (Å²) in [5.41, 5.74) is 3.35. The zero-order valence-corrected chi connectivity index (χ0v) is 20.8. The van der Waals surface area contributed by atoms with E-state index in [0.717, 1.165) is 40.6 Å². The van der Waals surface area contributed by atoms with Gasteiger partial charge in [-0.3, -0.25) is 14.2 Å². The molecule has 0 bridgehead atoms. The number of aromatic nitrogens is 2. The molecule has 0 unspecified atom stereocenters. The molecule has 0 radical (unpaired) electrons. The summed E-state index contributed by atoms with van der Waals surface area (Å²) < 4.78 is 1.76. The molecule has 0 atom stereocenters. The lowest BCUT2D eigenvalue weighted by Crippen LogP contribution is -2.29. The molecule has 1 amide bonds. The molecule has 2 heterocycles. The van der Waals surface area contributed by atoms with Crippen LogP contribution < -0.4 is 5.56 Å². The molecule has 2 aromatic heterocycles. The van der Waals surface area contributed by atoms with Gasteiger partial charge in [0.25, 0.3) is 5.56 Å². The average molecular weight is 490 g/mol. The fourth-order valence-corrected chi connectivity index (χ4v) is 6.66. The quantitative estimate of drug-likeness (QED) is 0.267. The molecule has 0 saturated carbocycles. The van der Waals surface area contributed by atoms with Gasteiger partial charge in [-0.1, -0.05) is 72.4 Å². The number of hydrogen-bond donors (Lipinski definition) is 0. The van der Waals surface area contributed by atoms with Crippen molar-refractivity contribution in [1.82, 2.24) is 14.5 Å². The van der Waals surface area contributed by atoms with Crippen LogP contribution in [-0.2, 0) is 30.7 Å². The molecule has 1 aliphatic carbocycles. The number of fused-ring (bicyclic) bond motifs is 3. The van der Waals surface area contributed by atoms with Gasteiger partial charge >= 0.3 is 0 Å². The van der Waals surface area contributed by atoms with Gasteiger partial charge in [0.05, 0.1) is 17.7 Å². The van der Waals surface area contributed by atoms with Crippen LogP contribution in [0, 0.1) is 0 Å². The molecular weight excluding hydrogens is 462 g/mol. The molecule has 0 saturated heterocycles. The van der Waals surface area contributed by atoms with Crippen LogP contribution in [0.3, 0.4) is 0 Å². The summed E-state index contributed by atoms with van der Waals surface area (Å²) in [6, 6.07) is 19.9. The fraction of sp³-hybridized carbons (Fsp3) is 0.296. The summed E-state index contributed by atoms with van der Waals surface area (Å²) in [4.78, 5) is 35.4. The number of thiophene rings is 1. The first-order valence-electron chi connectivity index (χ1n) is 11.6. The minimum atomic E-state index is 0.0138. The molecule has 174 valence electrons. The van der Waals surface area contributed by atoms with Crippen LogP contribution in [0.15, 0.2) is 70.6 Å². The van der Waals surface area contributed by atoms with Gasteiger partial charge in [-0.15, -0.1) is 11.3 Å². The second kappa shape index (κ2) is 10.2. The monoisotopic (exact) mass is 489 g/mol. The van der Waals surface area contributed by atoms with Gasteiger partial charge < -0.3 is 4.90 Å². The van der Waals surface area contributed by atoms with Crippen LogP contribution in [-0.4, -0.2) is 33.2 Å². The van der Waals surface area contributed by atoms with Crippen molar-refractivity contribution in [2.24, 2.45) is 0 Å². The van der Waals surface area contributed by atoms with E-state index < -0.39 is 0 Å². The van der Waals surface area contributed by atoms with E-state index in [1.165, 1.54) is 28.6 Å². The number of carbonyl (C=O) groups is 1. The van der Waals surface area contributed by atoms with E-state index in [-0.39, 0.29) is 17.2 Å². The number of hydrogen-bond acceptors (Lipinski definition) is 5. The van der Waals surface area contributed by atoms with Crippen LogP contribution in [0.25, 0.3) is 10.2 Å². The molecule has 5 nitrogen and oxygen atoms in total. The van der Waals surface area contributed by atoms with E-state index in [2.05, 4.69) is 0 Å². The Kier molecular flexibility index (Phi) is 6.83. The van der Waals surface area contributed by atoms with E-state index >= 15 is 0 Å². The Bertz CT molecular complexity index is 1360. The van der Waals surface area contributed by atoms with Gasteiger partial charge in [0.15, 0.2) is 5.16 Å². The van der Waals surface area contributed by atoms with E-state index in [1.54, 1.807) is 20.8 Å². The second-order valence-electron chi connectivity index (χ2n) is 8.69. The summed E-state index contributed by atoms with van der Waals surface area (Å²) in [5, 5.41) is 1.40. The number of benzene rings is 2. The zero-order chi connectivity index (χ0) is 23.5. The van der Waals surface area contributed by atoms with Crippen molar-refractivity contribution < 1.29 is 4.79 Å². The van der Waals surface area contributed by atoms with Crippen molar-refractivity contribution in [2.75, 3.05) is 12.8 Å². The highest BCUT2D eigenvalue weighted by molar-refractivity contribution is 7.99. The Morgan fingerprint density at radius 3 is 2.44 bits per heavy atom. The summed E-state index contributed by atoms with van der Waals surface area (Å²) in [5.74, 6) is 0.251. The highest BCUT2D eigenvalue weighted by Gasteiger charge is 2.23. The van der Waals surface area contributed by atoms with Gasteiger partial charge in [0.1, 0.15) is 4.83 Å². The van der Waals surface area contributed by atoms with Gasteiger partial charge in [-0.2, -0.15) is 0 Å². The number of nitrogens with zero attached hydrogens (tertiary/aromatic N) is 3. The van der Waals surface area contributed by atoms with Crippen molar-refractivity contribution in [1.29, 1.82) is 0 Å². The van der Waals surface area contributed by atoms with E-state index in [4.69, 9.17) is 4.98 Å². The summed E-state index contributed by atoms with van der Waals surface area (Å²) in [6.07, 6.45) is 4.27. The first kappa shape index (κ1) is 22.9. The van der Waals surface area contributed by atoms with Crippen molar-refractivity contribution in [3.8, 4) is 0 Å². The first-order chi connectivity index (χ1) is 16.6. The van der Waals surface area contributed by atoms with E-state index in [9.17, 15) is 9.59 Å². The molecular formula is C27H27N3O2S2. The van der Waals surface area contributed by atoms with Crippen molar-refractivity contribution >= 4 is 39.2 Å². The van der Waals surface area contributed by atoms with Gasteiger partial charge in [0.2, 0.25) is 5.91 Å². The number of amides is 1. The van der Waals surface area contributed by atoms with Crippen molar-refractivity contribution in [3.05, 3.63) is 92.6 Å². The summed E-state index contributed by atoms with van der Waals surface area (Å²) >= 11 is 3.01. The third kappa shape index (κ3) is 4.81. The third-order valence-corrected chi connectivity index (χ3v) is 8.38. The number of rotatable bonds is 7. The first-order valence-corrected chi connectivity index (χ1v) is 13.4. The fourth-order valence-electron chi connectivity index (χ4n) is 4.42. The molecule has 0 spiro atoms. The minimum Gasteiger partial charge on any atom is -0.341 e. The molecule has 0 N–H and O–H groups in total. The lowest BCUT2D eigenvalue weighted by Gasteiger charge is -2.18. The number of thioether (sulfide) groups is 1. The highest BCUT2D eigenvalue weighted by atomic mass is 32.2. The van der Waals surface area contributed by atoms with Crippen LogP contribution in [0.4, 0.5) is 0 Å². The molecule has 5 rings (SSSR count). The largest absolute Gasteiger partial charge is 0.341 e. The van der Waals surface area contributed by atoms with Crippen molar-refractivity contribution in [2.45, 2.75) is 43.9 Å². The lowest BCUT2D eigenvalue weighted by atomic mass is 9.97. The predicted molar refractivity (Wildman–Crippen MR) is 140 cm³/mol. The predicted octanol–water partition coefficient (Wildman–Crippen LogP) is 5.14. The molecule has 2 aromatic carbocycles. The molecule has 0 fully saturated rings. The Morgan fingerprint density at radius 1 is 1.03 bits per heavy atom. The van der Waals surface area contributed by atoms with Crippen LogP contribution in [0.1, 0.15) is 34.4 Å². The highest BCUT2D eigenvalue weighted by Crippen LogP contribution is 2.34. The maximum atomic E-state index is 13.7. The topological polar surface area (TPSA) is 55.2 Å². The van der Waals surface area contributed by atoms with Crippen LogP contribution in [0.2, 0.25) is 0 Å².